The molecule has 0 aliphatic heterocycles. The van der Waals surface area contributed by atoms with Crippen LogP contribution < -0.4 is 10.3 Å². The summed E-state index contributed by atoms with van der Waals surface area (Å²) in [4.78, 5) is 29.4. The molecule has 1 unspecified atom stereocenters. The van der Waals surface area contributed by atoms with Crippen molar-refractivity contribution in [3.05, 3.63) is 45.2 Å². The van der Waals surface area contributed by atoms with Crippen molar-refractivity contribution >= 4 is 16.9 Å². The molecular formula is C19H27N2O3+. The number of ether oxygens (including phenoxy) is 1. The summed E-state index contributed by atoms with van der Waals surface area (Å²) in [7, 11) is 2.10. The van der Waals surface area contributed by atoms with Crippen LogP contribution in [0.5, 0.6) is 0 Å². The highest BCUT2D eigenvalue weighted by atomic mass is 16.5. The maximum absolute atomic E-state index is 12.9. The number of aryl methyl sites for hydroxylation is 1. The molecule has 1 heterocycles. The Kier molecular flexibility index (Phi) is 6.15. The SMILES string of the molecule is CCCC[NH+](C)Cc1c(C)[nH]c2ccc(C(=O)OCC)cc2c1=O. The number of quaternary nitrogens is 1. The first-order chi connectivity index (χ1) is 11.5. The predicted octanol–water partition coefficient (Wildman–Crippen LogP) is 1.83. The summed E-state index contributed by atoms with van der Waals surface area (Å²) in [5.74, 6) is -0.397. The van der Waals surface area contributed by atoms with Crippen molar-refractivity contribution in [2.24, 2.45) is 0 Å². The molecule has 0 bridgehead atoms. The number of benzene rings is 1. The van der Waals surface area contributed by atoms with E-state index in [1.165, 1.54) is 4.90 Å². The number of nitrogens with one attached hydrogen (secondary N) is 2. The molecule has 1 atom stereocenters. The van der Waals surface area contributed by atoms with Crippen molar-refractivity contribution in [3.8, 4) is 0 Å². The number of unbranched alkanes of at least 4 members (excludes halogenated alkanes) is 1. The maximum Gasteiger partial charge on any atom is 0.338 e. The van der Waals surface area contributed by atoms with Gasteiger partial charge in [-0.15, -0.1) is 0 Å². The number of fused-ring (bicyclic) bond motifs is 1. The van der Waals surface area contributed by atoms with Crippen molar-refractivity contribution in [3.63, 3.8) is 0 Å². The number of H-pyrrole nitrogens is 1. The highest BCUT2D eigenvalue weighted by Gasteiger charge is 2.15. The van der Waals surface area contributed by atoms with Gasteiger partial charge in [0.1, 0.15) is 6.54 Å². The van der Waals surface area contributed by atoms with Crippen LogP contribution in [0.1, 0.15) is 48.3 Å². The molecule has 0 saturated carbocycles. The summed E-state index contributed by atoms with van der Waals surface area (Å²) in [6.07, 6.45) is 2.29. The second-order valence-corrected chi connectivity index (χ2v) is 6.28. The topological polar surface area (TPSA) is 63.6 Å². The van der Waals surface area contributed by atoms with E-state index in [0.717, 1.165) is 36.2 Å². The van der Waals surface area contributed by atoms with E-state index in [1.54, 1.807) is 25.1 Å². The first kappa shape index (κ1) is 18.2. The van der Waals surface area contributed by atoms with Gasteiger partial charge in [0, 0.05) is 16.6 Å². The van der Waals surface area contributed by atoms with Crippen molar-refractivity contribution in [1.82, 2.24) is 4.98 Å². The summed E-state index contributed by atoms with van der Waals surface area (Å²) in [6.45, 7) is 7.90. The third-order valence-corrected chi connectivity index (χ3v) is 4.26. The van der Waals surface area contributed by atoms with E-state index in [1.807, 2.05) is 6.92 Å². The maximum atomic E-state index is 12.9. The number of pyridine rings is 1. The number of aromatic nitrogens is 1. The molecule has 0 fully saturated rings. The van der Waals surface area contributed by atoms with E-state index in [9.17, 15) is 9.59 Å². The Morgan fingerprint density at radius 3 is 2.71 bits per heavy atom. The van der Waals surface area contributed by atoms with Crippen molar-refractivity contribution in [1.29, 1.82) is 0 Å². The van der Waals surface area contributed by atoms with Crippen LogP contribution in [-0.4, -0.2) is 31.2 Å². The van der Waals surface area contributed by atoms with Gasteiger partial charge in [0.15, 0.2) is 5.43 Å². The number of esters is 1. The Bertz CT molecular complexity index is 780. The highest BCUT2D eigenvalue weighted by Crippen LogP contribution is 2.14. The van der Waals surface area contributed by atoms with Gasteiger partial charge in [-0.2, -0.15) is 0 Å². The first-order valence-electron chi connectivity index (χ1n) is 8.61. The van der Waals surface area contributed by atoms with Crippen LogP contribution in [0.15, 0.2) is 23.0 Å². The van der Waals surface area contributed by atoms with Gasteiger partial charge in [-0.25, -0.2) is 4.79 Å². The van der Waals surface area contributed by atoms with Crippen LogP contribution >= 0.6 is 0 Å². The van der Waals surface area contributed by atoms with Crippen LogP contribution in [-0.2, 0) is 11.3 Å². The van der Waals surface area contributed by atoms with Crippen molar-refractivity contribution in [2.75, 3.05) is 20.2 Å². The molecule has 2 N–H and O–H groups in total. The molecule has 0 aliphatic carbocycles. The summed E-state index contributed by atoms with van der Waals surface area (Å²) in [6, 6.07) is 5.10. The summed E-state index contributed by atoms with van der Waals surface area (Å²) >= 11 is 0. The molecule has 2 rings (SSSR count). The van der Waals surface area contributed by atoms with Crippen LogP contribution in [0.3, 0.4) is 0 Å². The number of rotatable bonds is 7. The lowest BCUT2D eigenvalue weighted by molar-refractivity contribution is -0.894. The highest BCUT2D eigenvalue weighted by molar-refractivity contribution is 5.94. The van der Waals surface area contributed by atoms with Gasteiger partial charge in [-0.3, -0.25) is 4.79 Å². The minimum Gasteiger partial charge on any atom is -0.462 e. The Balaban J connectivity index is 2.42. The Morgan fingerprint density at radius 2 is 2.04 bits per heavy atom. The molecule has 0 aliphatic rings. The number of carbonyl (C=O) groups is 1. The number of hydrogen-bond acceptors (Lipinski definition) is 3. The van der Waals surface area contributed by atoms with Gasteiger partial charge in [0.25, 0.3) is 0 Å². The minimum atomic E-state index is -0.397. The average molecular weight is 331 g/mol. The normalized spacial score (nSPS) is 12.3. The van der Waals surface area contributed by atoms with Gasteiger partial charge in [0.2, 0.25) is 0 Å². The Hall–Kier alpha value is -2.14. The standard InChI is InChI=1S/C19H26N2O3/c1-5-7-10-21(4)12-16-13(3)20-17-9-8-14(19(23)24-6-2)11-15(17)18(16)22/h8-9,11H,5-7,10,12H2,1-4H3,(H,20,22)/p+1. The third kappa shape index (κ3) is 4.03. The number of hydrogen-bond donors (Lipinski definition) is 2. The smallest absolute Gasteiger partial charge is 0.338 e. The lowest BCUT2D eigenvalue weighted by Crippen LogP contribution is -3.07. The van der Waals surface area contributed by atoms with E-state index < -0.39 is 5.97 Å². The average Bonchev–Trinajstić information content (AvgIpc) is 2.56. The molecular weight excluding hydrogens is 304 g/mol. The molecule has 5 nitrogen and oxygen atoms in total. The lowest BCUT2D eigenvalue weighted by Gasteiger charge is -2.15. The molecule has 1 aromatic heterocycles. The fourth-order valence-electron chi connectivity index (χ4n) is 2.87. The molecule has 0 radical (unpaired) electrons. The van der Waals surface area contributed by atoms with Gasteiger partial charge in [0.05, 0.1) is 31.3 Å². The van der Waals surface area contributed by atoms with Crippen molar-refractivity contribution in [2.45, 2.75) is 40.2 Å². The third-order valence-electron chi connectivity index (χ3n) is 4.26. The molecule has 0 spiro atoms. The van der Waals surface area contributed by atoms with Crippen LogP contribution in [0.25, 0.3) is 10.9 Å². The molecule has 24 heavy (non-hydrogen) atoms. The quantitative estimate of drug-likeness (QED) is 0.761. The molecule has 2 aromatic rings. The van der Waals surface area contributed by atoms with Crippen LogP contribution in [0.2, 0.25) is 0 Å². The second-order valence-electron chi connectivity index (χ2n) is 6.28. The summed E-state index contributed by atoms with van der Waals surface area (Å²) < 4.78 is 5.02. The van der Waals surface area contributed by atoms with Crippen LogP contribution in [0, 0.1) is 6.92 Å². The number of carbonyl (C=O) groups excluding carboxylic acids is 1. The summed E-state index contributed by atoms with van der Waals surface area (Å²) in [5, 5.41) is 0.546. The zero-order chi connectivity index (χ0) is 17.7. The van der Waals surface area contributed by atoms with E-state index in [-0.39, 0.29) is 5.43 Å². The monoisotopic (exact) mass is 331 g/mol. The zero-order valence-electron chi connectivity index (χ0n) is 15.0. The lowest BCUT2D eigenvalue weighted by atomic mass is 10.1. The zero-order valence-corrected chi connectivity index (χ0v) is 15.0. The molecule has 130 valence electrons. The summed E-state index contributed by atoms with van der Waals surface area (Å²) in [5.41, 5.74) is 2.85. The largest absolute Gasteiger partial charge is 0.462 e. The molecule has 0 amide bonds. The van der Waals surface area contributed by atoms with Gasteiger partial charge in [-0.05, 0) is 38.5 Å². The Labute approximate surface area is 142 Å². The minimum absolute atomic E-state index is 0.00301. The van der Waals surface area contributed by atoms with Gasteiger partial charge < -0.3 is 14.6 Å². The van der Waals surface area contributed by atoms with E-state index in [2.05, 4.69) is 19.0 Å². The van der Waals surface area contributed by atoms with E-state index in [4.69, 9.17) is 4.74 Å². The van der Waals surface area contributed by atoms with Gasteiger partial charge in [-0.1, -0.05) is 13.3 Å². The predicted molar refractivity (Wildman–Crippen MR) is 95.6 cm³/mol. The fraction of sp³-hybridized carbons (Fsp3) is 0.474. The van der Waals surface area contributed by atoms with Crippen LogP contribution in [0.4, 0.5) is 0 Å². The van der Waals surface area contributed by atoms with Crippen molar-refractivity contribution < 1.29 is 14.4 Å². The van der Waals surface area contributed by atoms with Gasteiger partial charge >= 0.3 is 5.97 Å². The second kappa shape index (κ2) is 8.11. The first-order valence-corrected chi connectivity index (χ1v) is 8.61. The fourth-order valence-corrected chi connectivity index (χ4v) is 2.87. The van der Waals surface area contributed by atoms with E-state index >= 15 is 0 Å². The Morgan fingerprint density at radius 1 is 1.29 bits per heavy atom. The number of aromatic amines is 1. The molecule has 5 heteroatoms. The molecule has 0 saturated heterocycles. The van der Waals surface area contributed by atoms with E-state index in [0.29, 0.717) is 24.1 Å². The molecule has 1 aromatic carbocycles.